The van der Waals surface area contributed by atoms with Crippen LogP contribution < -0.4 is 10.1 Å². The largest absolute Gasteiger partial charge is 0.497 e. The van der Waals surface area contributed by atoms with Gasteiger partial charge in [-0.25, -0.2) is 0 Å². The highest BCUT2D eigenvalue weighted by atomic mass is 32.2. The van der Waals surface area contributed by atoms with Crippen molar-refractivity contribution in [2.75, 3.05) is 12.9 Å². The third-order valence-corrected chi connectivity index (χ3v) is 4.70. The standard InChI is InChI=1S/C18H20N4O3S/c1-3-22-17(13-6-4-7-14(10-13)24-2)20-21-18(22)26-12-16(23)19-11-15-8-5-9-25-15/h4-10H,3,11-12H2,1-2H3,(H,19,23). The Balaban J connectivity index is 1.65. The van der Waals surface area contributed by atoms with Crippen LogP contribution in [0.15, 0.2) is 52.2 Å². The van der Waals surface area contributed by atoms with E-state index in [0.29, 0.717) is 18.2 Å². The summed E-state index contributed by atoms with van der Waals surface area (Å²) in [5, 5.41) is 12.1. The zero-order chi connectivity index (χ0) is 18.4. The number of nitrogens with zero attached hydrogens (tertiary/aromatic N) is 3. The molecule has 0 aliphatic heterocycles. The predicted octanol–water partition coefficient (Wildman–Crippen LogP) is 2.98. The van der Waals surface area contributed by atoms with E-state index in [4.69, 9.17) is 9.15 Å². The lowest BCUT2D eigenvalue weighted by Gasteiger charge is -2.08. The zero-order valence-electron chi connectivity index (χ0n) is 14.6. The summed E-state index contributed by atoms with van der Waals surface area (Å²) in [6, 6.07) is 11.3. The molecule has 3 aromatic rings. The normalized spacial score (nSPS) is 10.7. The highest BCUT2D eigenvalue weighted by molar-refractivity contribution is 7.99. The van der Waals surface area contributed by atoms with E-state index in [-0.39, 0.29) is 11.7 Å². The van der Waals surface area contributed by atoms with Gasteiger partial charge in [0.1, 0.15) is 11.5 Å². The van der Waals surface area contributed by atoms with Gasteiger partial charge in [-0.3, -0.25) is 4.79 Å². The first-order valence-electron chi connectivity index (χ1n) is 8.20. The van der Waals surface area contributed by atoms with Gasteiger partial charge in [-0.05, 0) is 31.2 Å². The van der Waals surface area contributed by atoms with E-state index in [2.05, 4.69) is 15.5 Å². The molecule has 26 heavy (non-hydrogen) atoms. The number of nitrogens with one attached hydrogen (secondary N) is 1. The van der Waals surface area contributed by atoms with E-state index >= 15 is 0 Å². The minimum Gasteiger partial charge on any atom is -0.497 e. The number of thioether (sulfide) groups is 1. The molecule has 0 unspecified atom stereocenters. The van der Waals surface area contributed by atoms with Crippen LogP contribution in [0.3, 0.4) is 0 Å². The van der Waals surface area contributed by atoms with Crippen molar-refractivity contribution in [3.05, 3.63) is 48.4 Å². The maximum atomic E-state index is 12.0. The fourth-order valence-electron chi connectivity index (χ4n) is 2.44. The van der Waals surface area contributed by atoms with Crippen LogP contribution in [0, 0.1) is 0 Å². The summed E-state index contributed by atoms with van der Waals surface area (Å²) in [5.74, 6) is 2.42. The van der Waals surface area contributed by atoms with E-state index in [9.17, 15) is 4.79 Å². The second kappa shape index (κ2) is 8.57. The summed E-state index contributed by atoms with van der Waals surface area (Å²) in [6.45, 7) is 3.10. The number of hydrogen-bond donors (Lipinski definition) is 1. The van der Waals surface area contributed by atoms with Crippen LogP contribution in [0.1, 0.15) is 12.7 Å². The number of amides is 1. The van der Waals surface area contributed by atoms with Gasteiger partial charge in [-0.2, -0.15) is 0 Å². The number of ether oxygens (including phenoxy) is 1. The highest BCUT2D eigenvalue weighted by Crippen LogP contribution is 2.26. The van der Waals surface area contributed by atoms with Gasteiger partial charge in [0.15, 0.2) is 11.0 Å². The molecule has 0 spiro atoms. The number of furan rings is 1. The summed E-state index contributed by atoms with van der Waals surface area (Å²) in [7, 11) is 1.63. The first kappa shape index (κ1) is 18.1. The molecular weight excluding hydrogens is 352 g/mol. The van der Waals surface area contributed by atoms with Gasteiger partial charge < -0.3 is 19.0 Å². The highest BCUT2D eigenvalue weighted by Gasteiger charge is 2.15. The van der Waals surface area contributed by atoms with Crippen LogP contribution in [0.4, 0.5) is 0 Å². The van der Waals surface area contributed by atoms with Crippen LogP contribution >= 0.6 is 11.8 Å². The van der Waals surface area contributed by atoms with Crippen molar-refractivity contribution in [3.63, 3.8) is 0 Å². The minimum atomic E-state index is -0.0833. The monoisotopic (exact) mass is 372 g/mol. The maximum Gasteiger partial charge on any atom is 0.230 e. The molecule has 2 aromatic heterocycles. The molecule has 1 amide bonds. The average molecular weight is 372 g/mol. The third-order valence-electron chi connectivity index (χ3n) is 3.73. The molecule has 0 atom stereocenters. The Morgan fingerprint density at radius 1 is 1.31 bits per heavy atom. The second-order valence-electron chi connectivity index (χ2n) is 5.43. The minimum absolute atomic E-state index is 0.0833. The van der Waals surface area contributed by atoms with E-state index in [1.165, 1.54) is 11.8 Å². The molecule has 2 heterocycles. The maximum absolute atomic E-state index is 12.0. The van der Waals surface area contributed by atoms with Crippen LogP contribution in [0.2, 0.25) is 0 Å². The Kier molecular flexibility index (Phi) is 5.96. The second-order valence-corrected chi connectivity index (χ2v) is 6.37. The van der Waals surface area contributed by atoms with Gasteiger partial charge in [0, 0.05) is 12.1 Å². The van der Waals surface area contributed by atoms with Gasteiger partial charge in [0.25, 0.3) is 0 Å². The summed E-state index contributed by atoms with van der Waals surface area (Å²) in [6.07, 6.45) is 1.58. The molecule has 1 aromatic carbocycles. The molecule has 0 fully saturated rings. The van der Waals surface area contributed by atoms with Gasteiger partial charge in [0.05, 0.1) is 25.7 Å². The topological polar surface area (TPSA) is 82.2 Å². The average Bonchev–Trinajstić information content (AvgIpc) is 3.34. The van der Waals surface area contributed by atoms with Crippen molar-refractivity contribution in [1.29, 1.82) is 0 Å². The summed E-state index contributed by atoms with van der Waals surface area (Å²) in [5.41, 5.74) is 0.924. The van der Waals surface area contributed by atoms with E-state index in [1.807, 2.05) is 41.8 Å². The van der Waals surface area contributed by atoms with Crippen LogP contribution in [-0.2, 0) is 17.9 Å². The Morgan fingerprint density at radius 3 is 2.92 bits per heavy atom. The number of carbonyl (C=O) groups is 1. The predicted molar refractivity (Wildman–Crippen MR) is 99.0 cm³/mol. The molecular formula is C18H20N4O3S. The first-order valence-corrected chi connectivity index (χ1v) is 9.19. The van der Waals surface area contributed by atoms with Crippen LogP contribution in [-0.4, -0.2) is 33.5 Å². The van der Waals surface area contributed by atoms with Gasteiger partial charge >= 0.3 is 0 Å². The Hall–Kier alpha value is -2.74. The Morgan fingerprint density at radius 2 is 2.19 bits per heavy atom. The fraction of sp³-hybridized carbons (Fsp3) is 0.278. The van der Waals surface area contributed by atoms with Crippen molar-refractivity contribution in [2.24, 2.45) is 0 Å². The van der Waals surface area contributed by atoms with E-state index in [1.54, 1.807) is 19.4 Å². The lowest BCUT2D eigenvalue weighted by Crippen LogP contribution is -2.24. The van der Waals surface area contributed by atoms with Crippen LogP contribution in [0.5, 0.6) is 5.75 Å². The van der Waals surface area contributed by atoms with E-state index < -0.39 is 0 Å². The zero-order valence-corrected chi connectivity index (χ0v) is 15.5. The fourth-order valence-corrected chi connectivity index (χ4v) is 3.27. The first-order chi connectivity index (χ1) is 12.7. The number of hydrogen-bond acceptors (Lipinski definition) is 6. The quantitative estimate of drug-likeness (QED) is 0.612. The molecule has 0 saturated heterocycles. The molecule has 136 valence electrons. The Labute approximate surface area is 155 Å². The number of carbonyl (C=O) groups excluding carboxylic acids is 1. The van der Waals surface area contributed by atoms with Crippen molar-refractivity contribution < 1.29 is 13.9 Å². The molecule has 1 N–H and O–H groups in total. The summed E-state index contributed by atoms with van der Waals surface area (Å²) in [4.78, 5) is 12.0. The van der Waals surface area contributed by atoms with Gasteiger partial charge in [0.2, 0.25) is 5.91 Å². The molecule has 0 aliphatic carbocycles. The number of benzene rings is 1. The SMILES string of the molecule is CCn1c(SCC(=O)NCc2ccco2)nnc1-c1cccc(OC)c1. The number of methoxy groups -OCH3 is 1. The molecule has 0 bridgehead atoms. The number of aromatic nitrogens is 3. The summed E-state index contributed by atoms with van der Waals surface area (Å²) < 4.78 is 12.5. The number of rotatable bonds is 8. The molecule has 0 radical (unpaired) electrons. The summed E-state index contributed by atoms with van der Waals surface area (Å²) >= 11 is 1.36. The molecule has 0 saturated carbocycles. The molecule has 3 rings (SSSR count). The third kappa shape index (κ3) is 4.26. The molecule has 8 heteroatoms. The molecule has 0 aliphatic rings. The van der Waals surface area contributed by atoms with Gasteiger partial charge in [-0.1, -0.05) is 23.9 Å². The lowest BCUT2D eigenvalue weighted by molar-refractivity contribution is -0.118. The van der Waals surface area contributed by atoms with Crippen molar-refractivity contribution in [1.82, 2.24) is 20.1 Å². The van der Waals surface area contributed by atoms with Crippen molar-refractivity contribution >= 4 is 17.7 Å². The van der Waals surface area contributed by atoms with Gasteiger partial charge in [-0.15, -0.1) is 10.2 Å². The lowest BCUT2D eigenvalue weighted by atomic mass is 10.2. The molecule has 7 nitrogen and oxygen atoms in total. The van der Waals surface area contributed by atoms with Crippen molar-refractivity contribution in [2.45, 2.75) is 25.2 Å². The van der Waals surface area contributed by atoms with Crippen molar-refractivity contribution in [3.8, 4) is 17.1 Å². The Bertz CT molecular complexity index is 861. The van der Waals surface area contributed by atoms with Crippen LogP contribution in [0.25, 0.3) is 11.4 Å². The smallest absolute Gasteiger partial charge is 0.230 e. The van der Waals surface area contributed by atoms with E-state index in [0.717, 1.165) is 22.9 Å².